The molecule has 0 aromatic heterocycles. The van der Waals surface area contributed by atoms with E-state index in [9.17, 15) is 0 Å². The maximum absolute atomic E-state index is 2.18. The van der Waals surface area contributed by atoms with Crippen molar-refractivity contribution in [3.05, 3.63) is 47.5 Å². The lowest BCUT2D eigenvalue weighted by molar-refractivity contribution is 1.48. The highest BCUT2D eigenvalue weighted by atomic mass is 14.0. The zero-order chi connectivity index (χ0) is 12.6. The molecule has 0 aliphatic carbocycles. The Morgan fingerprint density at radius 1 is 0.588 bits per heavy atom. The van der Waals surface area contributed by atoms with Crippen LogP contribution in [0.4, 0.5) is 0 Å². The third-order valence-electron chi connectivity index (χ3n) is 2.36. The van der Waals surface area contributed by atoms with Crippen molar-refractivity contribution in [3.63, 3.8) is 0 Å². The predicted molar refractivity (Wildman–Crippen MR) is 82.8 cm³/mol. The van der Waals surface area contributed by atoms with E-state index in [4.69, 9.17) is 0 Å². The van der Waals surface area contributed by atoms with Gasteiger partial charge in [0, 0.05) is 0 Å². The third-order valence-corrected chi connectivity index (χ3v) is 2.36. The average molecular weight is 232 g/mol. The maximum Gasteiger partial charge on any atom is -0.0152 e. The largest absolute Gasteiger partial charge is 0.0776 e. The second-order valence-corrected chi connectivity index (χ2v) is 3.24. The fraction of sp³-hybridized carbons (Fsp3) is 0.412. The molecule has 0 fully saturated rings. The molecular formula is C17H28. The number of rotatable bonds is 0. The SMILES string of the molecule is C.CC.CC.Cc1cccc2c(C)cccc12. The van der Waals surface area contributed by atoms with Gasteiger partial charge in [-0.2, -0.15) is 0 Å². The van der Waals surface area contributed by atoms with Gasteiger partial charge in [0.25, 0.3) is 0 Å². The molecule has 0 spiro atoms. The van der Waals surface area contributed by atoms with Crippen molar-refractivity contribution in [3.8, 4) is 0 Å². The van der Waals surface area contributed by atoms with E-state index >= 15 is 0 Å². The maximum atomic E-state index is 2.18. The lowest BCUT2D eigenvalue weighted by Crippen LogP contribution is -1.80. The molecule has 96 valence electrons. The van der Waals surface area contributed by atoms with Crippen LogP contribution in [0.25, 0.3) is 10.8 Å². The molecule has 0 saturated heterocycles. The van der Waals surface area contributed by atoms with Crippen LogP contribution in [0.5, 0.6) is 0 Å². The quantitative estimate of drug-likeness (QED) is 0.511. The minimum atomic E-state index is 0. The summed E-state index contributed by atoms with van der Waals surface area (Å²) >= 11 is 0. The van der Waals surface area contributed by atoms with Gasteiger partial charge in [0.2, 0.25) is 0 Å². The molecule has 0 radical (unpaired) electrons. The van der Waals surface area contributed by atoms with Crippen molar-refractivity contribution in [2.24, 2.45) is 0 Å². The van der Waals surface area contributed by atoms with Gasteiger partial charge in [-0.1, -0.05) is 71.5 Å². The Bertz CT molecular complexity index is 372. The van der Waals surface area contributed by atoms with Gasteiger partial charge < -0.3 is 0 Å². The lowest BCUT2D eigenvalue weighted by atomic mass is 10.0. The average Bonchev–Trinajstić information content (AvgIpc) is 2.36. The summed E-state index contributed by atoms with van der Waals surface area (Å²) in [7, 11) is 0. The Hall–Kier alpha value is -1.30. The fourth-order valence-corrected chi connectivity index (χ4v) is 1.62. The second kappa shape index (κ2) is 9.89. The van der Waals surface area contributed by atoms with Gasteiger partial charge in [-0.25, -0.2) is 0 Å². The third kappa shape index (κ3) is 4.60. The highest BCUT2D eigenvalue weighted by molar-refractivity contribution is 5.88. The molecule has 0 aliphatic rings. The van der Waals surface area contributed by atoms with Crippen molar-refractivity contribution < 1.29 is 0 Å². The van der Waals surface area contributed by atoms with Crippen LogP contribution >= 0.6 is 0 Å². The lowest BCUT2D eigenvalue weighted by Gasteiger charge is -2.03. The van der Waals surface area contributed by atoms with Gasteiger partial charge in [0.05, 0.1) is 0 Å². The Morgan fingerprint density at radius 2 is 0.882 bits per heavy atom. The number of benzene rings is 2. The van der Waals surface area contributed by atoms with Crippen molar-refractivity contribution >= 4 is 10.8 Å². The first-order chi connectivity index (χ1) is 7.79. The molecule has 17 heavy (non-hydrogen) atoms. The van der Waals surface area contributed by atoms with Crippen LogP contribution in [0, 0.1) is 13.8 Å². The number of aryl methyl sites for hydroxylation is 2. The standard InChI is InChI=1S/C12H12.2C2H6.CH4/c1-9-5-3-8-12-10(2)6-4-7-11(9)12;2*1-2;/h3-8H,1-2H3;2*1-2H3;1H4. The van der Waals surface area contributed by atoms with Gasteiger partial charge >= 0.3 is 0 Å². The topological polar surface area (TPSA) is 0 Å². The van der Waals surface area contributed by atoms with E-state index in [1.807, 2.05) is 27.7 Å². The van der Waals surface area contributed by atoms with Gasteiger partial charge in [0.1, 0.15) is 0 Å². The molecule has 0 saturated carbocycles. The van der Waals surface area contributed by atoms with Crippen LogP contribution in [-0.4, -0.2) is 0 Å². The summed E-state index contributed by atoms with van der Waals surface area (Å²) in [4.78, 5) is 0. The Kier molecular flexibility index (Phi) is 10.5. The smallest absolute Gasteiger partial charge is 0.0152 e. The van der Waals surface area contributed by atoms with Gasteiger partial charge in [-0.05, 0) is 35.7 Å². The first-order valence-electron chi connectivity index (χ1n) is 6.24. The van der Waals surface area contributed by atoms with E-state index in [1.54, 1.807) is 0 Å². The summed E-state index contributed by atoms with van der Waals surface area (Å²) in [6, 6.07) is 12.9. The molecule has 2 rings (SSSR count). The summed E-state index contributed by atoms with van der Waals surface area (Å²) in [6.45, 7) is 12.3. The van der Waals surface area contributed by atoms with Gasteiger partial charge in [0.15, 0.2) is 0 Å². The van der Waals surface area contributed by atoms with Crippen LogP contribution in [0.1, 0.15) is 46.2 Å². The molecule has 0 N–H and O–H groups in total. The van der Waals surface area contributed by atoms with Crippen molar-refractivity contribution in [1.29, 1.82) is 0 Å². The molecule has 0 aliphatic heterocycles. The molecule has 0 heteroatoms. The van der Waals surface area contributed by atoms with Crippen molar-refractivity contribution in [2.45, 2.75) is 49.0 Å². The minimum absolute atomic E-state index is 0. The summed E-state index contributed by atoms with van der Waals surface area (Å²) in [6.07, 6.45) is 0. The van der Waals surface area contributed by atoms with E-state index in [0.717, 1.165) is 0 Å². The van der Waals surface area contributed by atoms with Crippen molar-refractivity contribution in [2.75, 3.05) is 0 Å². The monoisotopic (exact) mass is 232 g/mol. The van der Waals surface area contributed by atoms with Crippen LogP contribution in [-0.2, 0) is 0 Å². The summed E-state index contributed by atoms with van der Waals surface area (Å²) in [5.74, 6) is 0. The fourth-order valence-electron chi connectivity index (χ4n) is 1.62. The highest BCUT2D eigenvalue weighted by Gasteiger charge is 1.96. The second-order valence-electron chi connectivity index (χ2n) is 3.24. The number of fused-ring (bicyclic) bond motifs is 1. The molecule has 0 bridgehead atoms. The first kappa shape index (κ1) is 18.1. The molecular weight excluding hydrogens is 204 g/mol. The summed E-state index contributed by atoms with van der Waals surface area (Å²) in [5.41, 5.74) is 2.72. The Labute approximate surface area is 108 Å². The molecule has 0 heterocycles. The van der Waals surface area contributed by atoms with Gasteiger partial charge in [-0.15, -0.1) is 0 Å². The van der Waals surface area contributed by atoms with Crippen LogP contribution in [0.15, 0.2) is 36.4 Å². The first-order valence-corrected chi connectivity index (χ1v) is 6.24. The van der Waals surface area contributed by atoms with Crippen LogP contribution < -0.4 is 0 Å². The molecule has 0 atom stereocenters. The van der Waals surface area contributed by atoms with E-state index in [2.05, 4.69) is 50.2 Å². The molecule has 2 aromatic carbocycles. The van der Waals surface area contributed by atoms with E-state index in [-0.39, 0.29) is 7.43 Å². The normalized spacial score (nSPS) is 8.12. The van der Waals surface area contributed by atoms with Gasteiger partial charge in [-0.3, -0.25) is 0 Å². The number of hydrogen-bond acceptors (Lipinski definition) is 0. The minimum Gasteiger partial charge on any atom is -0.0776 e. The van der Waals surface area contributed by atoms with E-state index < -0.39 is 0 Å². The zero-order valence-corrected chi connectivity index (χ0v) is 11.5. The molecule has 0 nitrogen and oxygen atoms in total. The predicted octanol–water partition coefficient (Wildman–Crippen LogP) is 6.15. The summed E-state index contributed by atoms with van der Waals surface area (Å²) in [5, 5.41) is 2.75. The van der Waals surface area contributed by atoms with Crippen LogP contribution in [0.3, 0.4) is 0 Å². The summed E-state index contributed by atoms with van der Waals surface area (Å²) < 4.78 is 0. The molecule has 0 unspecified atom stereocenters. The van der Waals surface area contributed by atoms with Crippen molar-refractivity contribution in [1.82, 2.24) is 0 Å². The van der Waals surface area contributed by atoms with Crippen LogP contribution in [0.2, 0.25) is 0 Å². The Morgan fingerprint density at radius 3 is 1.18 bits per heavy atom. The van der Waals surface area contributed by atoms with E-state index in [1.165, 1.54) is 21.9 Å². The highest BCUT2D eigenvalue weighted by Crippen LogP contribution is 2.20. The molecule has 0 amide bonds. The number of hydrogen-bond donors (Lipinski definition) is 0. The Balaban J connectivity index is 0. The zero-order valence-electron chi connectivity index (χ0n) is 11.5. The molecule has 2 aromatic rings. The van der Waals surface area contributed by atoms with E-state index in [0.29, 0.717) is 0 Å².